The molecule has 0 aliphatic carbocycles. The van der Waals surface area contributed by atoms with Crippen molar-refractivity contribution in [1.29, 1.82) is 0 Å². The second kappa shape index (κ2) is 7.03. The molecule has 0 atom stereocenters. The molecule has 2 aromatic heterocycles. The van der Waals surface area contributed by atoms with E-state index in [1.165, 1.54) is 6.20 Å². The number of amides is 2. The van der Waals surface area contributed by atoms with E-state index in [1.54, 1.807) is 31.2 Å². The number of benzene rings is 2. The van der Waals surface area contributed by atoms with Crippen LogP contribution in [-0.2, 0) is 7.05 Å². The van der Waals surface area contributed by atoms with Gasteiger partial charge in [0.1, 0.15) is 17.0 Å². The van der Waals surface area contributed by atoms with E-state index in [0.29, 0.717) is 28.4 Å². The molecule has 0 aliphatic heterocycles. The first-order valence-electron chi connectivity index (χ1n) is 8.71. The lowest BCUT2D eigenvalue weighted by Crippen LogP contribution is -2.15. The van der Waals surface area contributed by atoms with Crippen molar-refractivity contribution in [3.63, 3.8) is 0 Å². The molecule has 0 spiro atoms. The fourth-order valence-electron chi connectivity index (χ4n) is 3.05. The molecule has 0 radical (unpaired) electrons. The molecule has 4 rings (SSSR count). The third-order valence-electron chi connectivity index (χ3n) is 4.58. The monoisotopic (exact) mass is 374 g/mol. The summed E-state index contributed by atoms with van der Waals surface area (Å²) >= 11 is 0. The number of fused-ring (bicyclic) bond motifs is 1. The number of aryl methyl sites for hydroxylation is 2. The van der Waals surface area contributed by atoms with E-state index in [9.17, 15) is 9.59 Å². The number of hydrogen-bond acceptors (Lipinski definition) is 4. The lowest BCUT2D eigenvalue weighted by atomic mass is 10.2. The van der Waals surface area contributed by atoms with Gasteiger partial charge in [-0.3, -0.25) is 9.59 Å². The standard InChI is InChI=1S/C21H18N4O3/c1-13-17(12-22-28-13)20(26)23-15-7-9-16(10-8-15)24-21(27)19-11-14-5-3-4-6-18(14)25(19)2/h3-12H,1-2H3,(H,23,26)(H,24,27). The van der Waals surface area contributed by atoms with Crippen molar-refractivity contribution in [2.75, 3.05) is 10.6 Å². The van der Waals surface area contributed by atoms with E-state index >= 15 is 0 Å². The van der Waals surface area contributed by atoms with Crippen molar-refractivity contribution in [2.45, 2.75) is 6.92 Å². The van der Waals surface area contributed by atoms with Gasteiger partial charge in [0, 0.05) is 29.3 Å². The van der Waals surface area contributed by atoms with E-state index in [-0.39, 0.29) is 11.8 Å². The maximum absolute atomic E-state index is 12.6. The van der Waals surface area contributed by atoms with Crippen molar-refractivity contribution >= 4 is 34.1 Å². The average molecular weight is 374 g/mol. The molecule has 7 heteroatoms. The van der Waals surface area contributed by atoms with Crippen molar-refractivity contribution < 1.29 is 14.1 Å². The van der Waals surface area contributed by atoms with Gasteiger partial charge in [0.05, 0.1) is 6.20 Å². The van der Waals surface area contributed by atoms with Crippen LogP contribution < -0.4 is 10.6 Å². The summed E-state index contributed by atoms with van der Waals surface area (Å²) in [7, 11) is 1.86. The highest BCUT2D eigenvalue weighted by molar-refractivity contribution is 6.07. The van der Waals surface area contributed by atoms with Gasteiger partial charge in [0.2, 0.25) is 0 Å². The molecule has 4 aromatic rings. The zero-order valence-corrected chi connectivity index (χ0v) is 15.4. The minimum atomic E-state index is -0.300. The first kappa shape index (κ1) is 17.5. The summed E-state index contributed by atoms with van der Waals surface area (Å²) in [6.45, 7) is 1.67. The van der Waals surface area contributed by atoms with Crippen LogP contribution in [0.5, 0.6) is 0 Å². The summed E-state index contributed by atoms with van der Waals surface area (Å²) in [4.78, 5) is 24.8. The van der Waals surface area contributed by atoms with Gasteiger partial charge in [-0.25, -0.2) is 0 Å². The zero-order valence-electron chi connectivity index (χ0n) is 15.4. The Bertz CT molecular complexity index is 1170. The van der Waals surface area contributed by atoms with Crippen LogP contribution in [0.25, 0.3) is 10.9 Å². The molecule has 0 saturated carbocycles. The first-order valence-corrected chi connectivity index (χ1v) is 8.71. The molecule has 2 heterocycles. The minimum Gasteiger partial charge on any atom is -0.361 e. The number of rotatable bonds is 4. The topological polar surface area (TPSA) is 89.2 Å². The number of aromatic nitrogens is 2. The van der Waals surface area contributed by atoms with Crippen molar-refractivity contribution in [3.8, 4) is 0 Å². The van der Waals surface area contributed by atoms with Crippen LogP contribution in [0.3, 0.4) is 0 Å². The fourth-order valence-corrected chi connectivity index (χ4v) is 3.05. The van der Waals surface area contributed by atoms with E-state index in [0.717, 1.165) is 10.9 Å². The van der Waals surface area contributed by atoms with E-state index in [2.05, 4.69) is 15.8 Å². The molecule has 7 nitrogen and oxygen atoms in total. The number of hydrogen-bond donors (Lipinski definition) is 2. The lowest BCUT2D eigenvalue weighted by Gasteiger charge is -2.08. The molecule has 0 fully saturated rings. The van der Waals surface area contributed by atoms with Crippen LogP contribution in [-0.4, -0.2) is 21.5 Å². The number of carbonyl (C=O) groups is 2. The Labute approximate surface area is 160 Å². The second-order valence-corrected chi connectivity index (χ2v) is 6.43. The van der Waals surface area contributed by atoms with Crippen molar-refractivity contribution in [1.82, 2.24) is 9.72 Å². The summed E-state index contributed by atoms with van der Waals surface area (Å²) in [5, 5.41) is 10.3. The third kappa shape index (κ3) is 3.25. The van der Waals surface area contributed by atoms with Gasteiger partial charge in [-0.15, -0.1) is 0 Å². The molecule has 0 bridgehead atoms. The maximum atomic E-state index is 12.6. The summed E-state index contributed by atoms with van der Waals surface area (Å²) in [5.41, 5.74) is 3.19. The maximum Gasteiger partial charge on any atom is 0.272 e. The predicted octanol–water partition coefficient (Wildman–Crippen LogP) is 3.98. The van der Waals surface area contributed by atoms with Crippen molar-refractivity contribution in [3.05, 3.63) is 77.8 Å². The average Bonchev–Trinajstić information content (AvgIpc) is 3.27. The minimum absolute atomic E-state index is 0.199. The predicted molar refractivity (Wildman–Crippen MR) is 107 cm³/mol. The molecular weight excluding hydrogens is 356 g/mol. The zero-order chi connectivity index (χ0) is 19.7. The van der Waals surface area contributed by atoms with Gasteiger partial charge in [0.15, 0.2) is 0 Å². The summed E-state index contributed by atoms with van der Waals surface area (Å²) in [6, 6.07) is 16.6. The highest BCUT2D eigenvalue weighted by Gasteiger charge is 2.15. The highest BCUT2D eigenvalue weighted by Crippen LogP contribution is 2.20. The molecule has 0 saturated heterocycles. The first-order chi connectivity index (χ1) is 13.5. The molecule has 0 unspecified atom stereocenters. The van der Waals surface area contributed by atoms with Crippen LogP contribution in [0.1, 0.15) is 26.6 Å². The third-order valence-corrected chi connectivity index (χ3v) is 4.58. The van der Waals surface area contributed by atoms with Gasteiger partial charge < -0.3 is 19.7 Å². The molecule has 2 amide bonds. The van der Waals surface area contributed by atoms with E-state index in [4.69, 9.17) is 4.52 Å². The molecule has 0 aliphatic rings. The number of anilines is 2. The summed E-state index contributed by atoms with van der Waals surface area (Å²) in [6.07, 6.45) is 1.38. The number of nitrogens with one attached hydrogen (secondary N) is 2. The van der Waals surface area contributed by atoms with E-state index < -0.39 is 0 Å². The molecular formula is C21H18N4O3. The van der Waals surface area contributed by atoms with Crippen LogP contribution in [0.15, 0.2) is 65.3 Å². The van der Waals surface area contributed by atoms with Crippen molar-refractivity contribution in [2.24, 2.45) is 7.05 Å². The van der Waals surface area contributed by atoms with Gasteiger partial charge >= 0.3 is 0 Å². The van der Waals surface area contributed by atoms with E-state index in [1.807, 2.05) is 41.9 Å². The van der Waals surface area contributed by atoms with Crippen LogP contribution in [0.2, 0.25) is 0 Å². The molecule has 28 heavy (non-hydrogen) atoms. The number of nitrogens with zero attached hydrogens (tertiary/aromatic N) is 2. The Kier molecular flexibility index (Phi) is 4.41. The normalized spacial score (nSPS) is 10.8. The van der Waals surface area contributed by atoms with Crippen LogP contribution >= 0.6 is 0 Å². The molecule has 2 aromatic carbocycles. The molecule has 2 N–H and O–H groups in total. The highest BCUT2D eigenvalue weighted by atomic mass is 16.5. The Morgan fingerprint density at radius 3 is 2.21 bits per heavy atom. The summed E-state index contributed by atoms with van der Waals surface area (Å²) in [5.74, 6) is -0.0436. The SMILES string of the molecule is Cc1oncc1C(=O)Nc1ccc(NC(=O)c2cc3ccccc3n2C)cc1. The van der Waals surface area contributed by atoms with Crippen LogP contribution in [0, 0.1) is 6.92 Å². The quantitative estimate of drug-likeness (QED) is 0.565. The largest absolute Gasteiger partial charge is 0.361 e. The Morgan fingerprint density at radius 1 is 0.964 bits per heavy atom. The smallest absolute Gasteiger partial charge is 0.272 e. The van der Waals surface area contributed by atoms with Crippen LogP contribution in [0.4, 0.5) is 11.4 Å². The van der Waals surface area contributed by atoms with Gasteiger partial charge in [-0.1, -0.05) is 23.4 Å². The lowest BCUT2D eigenvalue weighted by molar-refractivity contribution is 0.101. The second-order valence-electron chi connectivity index (χ2n) is 6.43. The van der Waals surface area contributed by atoms with Gasteiger partial charge in [-0.05, 0) is 43.3 Å². The Morgan fingerprint density at radius 2 is 1.61 bits per heavy atom. The van der Waals surface area contributed by atoms with Gasteiger partial charge in [0.25, 0.3) is 11.8 Å². The number of carbonyl (C=O) groups excluding carboxylic acids is 2. The number of para-hydroxylation sites is 1. The molecule has 140 valence electrons. The Hall–Kier alpha value is -3.87. The summed E-state index contributed by atoms with van der Waals surface area (Å²) < 4.78 is 6.76. The fraction of sp³-hybridized carbons (Fsp3) is 0.0952. The Balaban J connectivity index is 1.46. The van der Waals surface area contributed by atoms with Gasteiger partial charge in [-0.2, -0.15) is 0 Å².